The molecule has 0 radical (unpaired) electrons. The maximum absolute atomic E-state index is 12.0. The van der Waals surface area contributed by atoms with Gasteiger partial charge in [-0.3, -0.25) is 4.79 Å². The van der Waals surface area contributed by atoms with Crippen molar-refractivity contribution in [1.82, 2.24) is 0 Å². The zero-order valence-electron chi connectivity index (χ0n) is 12.9. The summed E-state index contributed by atoms with van der Waals surface area (Å²) in [6.07, 6.45) is 0. The van der Waals surface area contributed by atoms with Crippen LogP contribution in [0, 0.1) is 5.92 Å². The number of benzene rings is 1. The fraction of sp³-hybridized carbons (Fsp3) is 0.389. The van der Waals surface area contributed by atoms with E-state index >= 15 is 0 Å². The Morgan fingerprint density at radius 1 is 1.00 bits per heavy atom. The van der Waals surface area contributed by atoms with E-state index in [2.05, 4.69) is 45.0 Å². The lowest BCUT2D eigenvalue weighted by Crippen LogP contribution is -2.10. The van der Waals surface area contributed by atoms with Crippen LogP contribution < -0.4 is 0 Å². The quantitative estimate of drug-likeness (QED) is 0.676. The van der Waals surface area contributed by atoms with Gasteiger partial charge >= 0.3 is 0 Å². The van der Waals surface area contributed by atoms with E-state index in [1.165, 1.54) is 11.1 Å². The van der Waals surface area contributed by atoms with Crippen molar-refractivity contribution < 1.29 is 4.79 Å². The highest BCUT2D eigenvalue weighted by Crippen LogP contribution is 2.31. The minimum absolute atomic E-state index is 0.0600. The van der Waals surface area contributed by atoms with Crippen molar-refractivity contribution in [2.24, 2.45) is 5.92 Å². The highest BCUT2D eigenvalue weighted by molar-refractivity contribution is 7.17. The summed E-state index contributed by atoms with van der Waals surface area (Å²) in [6, 6.07) is 12.6. The fourth-order valence-electron chi connectivity index (χ4n) is 2.04. The van der Waals surface area contributed by atoms with Gasteiger partial charge in [-0.15, -0.1) is 11.3 Å². The molecule has 2 aromatic rings. The third-order valence-corrected chi connectivity index (χ3v) is 4.56. The Balaban J connectivity index is 2.27. The maximum atomic E-state index is 12.0. The first kappa shape index (κ1) is 15.0. The smallest absolute Gasteiger partial charge is 0.175 e. The topological polar surface area (TPSA) is 17.1 Å². The average molecular weight is 286 g/mol. The Morgan fingerprint density at radius 2 is 1.60 bits per heavy atom. The Bertz CT molecular complexity index is 597. The summed E-state index contributed by atoms with van der Waals surface area (Å²) in [5.74, 6) is 0.289. The van der Waals surface area contributed by atoms with Crippen molar-refractivity contribution in [2.45, 2.75) is 40.0 Å². The molecular formula is C18H22OS. The zero-order chi connectivity index (χ0) is 14.9. The lowest BCUT2D eigenvalue weighted by molar-refractivity contribution is 0.0943. The molecule has 0 N–H and O–H groups in total. The molecule has 0 amide bonds. The number of ketones is 1. The highest BCUT2D eigenvalue weighted by atomic mass is 32.1. The van der Waals surface area contributed by atoms with Crippen molar-refractivity contribution in [2.75, 3.05) is 0 Å². The van der Waals surface area contributed by atoms with Crippen molar-refractivity contribution in [3.63, 3.8) is 0 Å². The molecule has 0 saturated carbocycles. The summed E-state index contributed by atoms with van der Waals surface area (Å²) in [6.45, 7) is 10.5. The molecule has 0 spiro atoms. The second-order valence-electron chi connectivity index (χ2n) is 6.51. The van der Waals surface area contributed by atoms with Crippen molar-refractivity contribution in [3.8, 4) is 10.4 Å². The number of thiophene rings is 1. The van der Waals surface area contributed by atoms with Crippen LogP contribution in [0.1, 0.15) is 49.9 Å². The van der Waals surface area contributed by atoms with Gasteiger partial charge in [-0.2, -0.15) is 0 Å². The van der Waals surface area contributed by atoms with E-state index in [9.17, 15) is 4.79 Å². The standard InChI is InChI=1S/C18H22OS/c1-12(2)17(19)16-11-10-15(20-16)13-6-8-14(9-7-13)18(3,4)5/h6-12H,1-5H3. The third kappa shape index (κ3) is 3.18. The molecule has 2 heteroatoms. The van der Waals surface area contributed by atoms with Gasteiger partial charge in [0, 0.05) is 10.8 Å². The molecule has 1 aromatic carbocycles. The van der Waals surface area contributed by atoms with Crippen LogP contribution in [0.5, 0.6) is 0 Å². The van der Waals surface area contributed by atoms with Crippen molar-refractivity contribution in [1.29, 1.82) is 0 Å². The van der Waals surface area contributed by atoms with Crippen LogP contribution in [0.15, 0.2) is 36.4 Å². The number of carbonyl (C=O) groups excluding carboxylic acids is 1. The number of hydrogen-bond acceptors (Lipinski definition) is 2. The molecule has 20 heavy (non-hydrogen) atoms. The van der Waals surface area contributed by atoms with Gasteiger partial charge in [0.2, 0.25) is 0 Å². The normalized spacial score (nSPS) is 11.9. The van der Waals surface area contributed by atoms with Gasteiger partial charge in [0.15, 0.2) is 5.78 Å². The van der Waals surface area contributed by atoms with E-state index in [1.807, 2.05) is 26.0 Å². The largest absolute Gasteiger partial charge is 0.293 e. The molecule has 0 bridgehead atoms. The molecule has 0 unspecified atom stereocenters. The second-order valence-corrected chi connectivity index (χ2v) is 7.59. The molecule has 0 atom stereocenters. The molecule has 0 aliphatic heterocycles. The third-order valence-electron chi connectivity index (χ3n) is 3.41. The summed E-state index contributed by atoms with van der Waals surface area (Å²) in [4.78, 5) is 14.0. The summed E-state index contributed by atoms with van der Waals surface area (Å²) < 4.78 is 0. The number of carbonyl (C=O) groups is 1. The van der Waals surface area contributed by atoms with Gasteiger partial charge in [-0.1, -0.05) is 58.9 Å². The fourth-order valence-corrected chi connectivity index (χ4v) is 3.14. The first-order valence-electron chi connectivity index (χ1n) is 7.04. The molecular weight excluding hydrogens is 264 g/mol. The summed E-state index contributed by atoms with van der Waals surface area (Å²) in [5.41, 5.74) is 2.69. The van der Waals surface area contributed by atoms with Crippen LogP contribution >= 0.6 is 11.3 Å². The molecule has 0 saturated heterocycles. The minimum atomic E-state index is 0.0600. The van der Waals surface area contributed by atoms with Gasteiger partial charge in [0.25, 0.3) is 0 Å². The van der Waals surface area contributed by atoms with Crippen LogP contribution in [0.4, 0.5) is 0 Å². The van der Waals surface area contributed by atoms with E-state index in [0.717, 1.165) is 9.75 Å². The SMILES string of the molecule is CC(C)C(=O)c1ccc(-c2ccc(C(C)(C)C)cc2)s1. The molecule has 1 nitrogen and oxygen atoms in total. The first-order chi connectivity index (χ1) is 9.29. The lowest BCUT2D eigenvalue weighted by atomic mass is 9.86. The second kappa shape index (κ2) is 5.53. The molecule has 2 rings (SSSR count). The van der Waals surface area contributed by atoms with Gasteiger partial charge in [0.1, 0.15) is 0 Å². The lowest BCUT2D eigenvalue weighted by Gasteiger charge is -2.18. The molecule has 106 valence electrons. The summed E-state index contributed by atoms with van der Waals surface area (Å²) in [5, 5.41) is 0. The first-order valence-corrected chi connectivity index (χ1v) is 7.85. The predicted octanol–water partition coefficient (Wildman–Crippen LogP) is 5.55. The summed E-state index contributed by atoms with van der Waals surface area (Å²) in [7, 11) is 0. The number of hydrogen-bond donors (Lipinski definition) is 0. The minimum Gasteiger partial charge on any atom is -0.293 e. The molecule has 0 aliphatic rings. The Labute approximate surface area is 125 Å². The van der Waals surface area contributed by atoms with Crippen LogP contribution in [0.25, 0.3) is 10.4 Å². The Kier molecular flexibility index (Phi) is 4.14. The predicted molar refractivity (Wildman–Crippen MR) is 87.6 cm³/mol. The Morgan fingerprint density at radius 3 is 2.10 bits per heavy atom. The maximum Gasteiger partial charge on any atom is 0.175 e. The van der Waals surface area contributed by atoms with E-state index in [0.29, 0.717) is 0 Å². The average Bonchev–Trinajstić information content (AvgIpc) is 2.86. The molecule has 1 heterocycles. The van der Waals surface area contributed by atoms with Crippen molar-refractivity contribution >= 4 is 17.1 Å². The Hall–Kier alpha value is -1.41. The van der Waals surface area contributed by atoms with E-state index in [4.69, 9.17) is 0 Å². The van der Waals surface area contributed by atoms with E-state index in [-0.39, 0.29) is 17.1 Å². The number of Topliss-reactive ketones (excluding diaryl/α,β-unsaturated/α-hetero) is 1. The van der Waals surface area contributed by atoms with Gasteiger partial charge < -0.3 is 0 Å². The van der Waals surface area contributed by atoms with Gasteiger partial charge in [-0.25, -0.2) is 0 Å². The van der Waals surface area contributed by atoms with Crippen LogP contribution in [0.3, 0.4) is 0 Å². The number of rotatable bonds is 3. The molecule has 0 fully saturated rings. The summed E-state index contributed by atoms with van der Waals surface area (Å²) >= 11 is 1.59. The molecule has 1 aromatic heterocycles. The van der Waals surface area contributed by atoms with Gasteiger partial charge in [0.05, 0.1) is 4.88 Å². The van der Waals surface area contributed by atoms with Crippen LogP contribution in [-0.4, -0.2) is 5.78 Å². The van der Waals surface area contributed by atoms with Crippen molar-refractivity contribution in [3.05, 3.63) is 46.8 Å². The highest BCUT2D eigenvalue weighted by Gasteiger charge is 2.15. The molecule has 0 aliphatic carbocycles. The van der Waals surface area contributed by atoms with E-state index < -0.39 is 0 Å². The monoisotopic (exact) mass is 286 g/mol. The van der Waals surface area contributed by atoms with E-state index in [1.54, 1.807) is 11.3 Å². The zero-order valence-corrected chi connectivity index (χ0v) is 13.7. The van der Waals surface area contributed by atoms with Crippen LogP contribution in [0.2, 0.25) is 0 Å². The van der Waals surface area contributed by atoms with Gasteiger partial charge in [-0.05, 0) is 28.7 Å². The van der Waals surface area contributed by atoms with Crippen LogP contribution in [-0.2, 0) is 5.41 Å².